The van der Waals surface area contributed by atoms with Crippen LogP contribution in [0.25, 0.3) is 0 Å². The number of carbonyl (C=O) groups excluding carboxylic acids is 1. The highest BCUT2D eigenvalue weighted by Crippen LogP contribution is 2.18. The van der Waals surface area contributed by atoms with E-state index in [1.165, 1.54) is 18.4 Å². The molecule has 0 unspecified atom stereocenters. The van der Waals surface area contributed by atoms with Crippen molar-refractivity contribution in [2.45, 2.75) is 24.3 Å². The molecule has 158 valence electrons. The summed E-state index contributed by atoms with van der Waals surface area (Å²) in [6.07, 6.45) is 2.26. The predicted molar refractivity (Wildman–Crippen MR) is 117 cm³/mol. The average molecular weight is 493 g/mol. The minimum atomic E-state index is -3.73. The van der Waals surface area contributed by atoms with Gasteiger partial charge in [0.2, 0.25) is 15.9 Å². The summed E-state index contributed by atoms with van der Waals surface area (Å²) in [4.78, 5) is 12.2. The number of halogens is 1. The fourth-order valence-corrected chi connectivity index (χ4v) is 3.88. The van der Waals surface area contributed by atoms with Gasteiger partial charge in [0.1, 0.15) is 11.5 Å². The van der Waals surface area contributed by atoms with E-state index in [0.717, 1.165) is 10.2 Å². The van der Waals surface area contributed by atoms with Gasteiger partial charge in [-0.3, -0.25) is 4.79 Å². The molecule has 0 saturated carbocycles. The van der Waals surface area contributed by atoms with Gasteiger partial charge in [0.05, 0.1) is 24.3 Å². The zero-order chi connectivity index (χ0) is 21.4. The van der Waals surface area contributed by atoms with Crippen molar-refractivity contribution < 1.29 is 22.4 Å². The molecule has 2 aromatic carbocycles. The second-order valence-corrected chi connectivity index (χ2v) is 9.07. The maximum atomic E-state index is 12.4. The Morgan fingerprint density at radius 1 is 1.07 bits per heavy atom. The van der Waals surface area contributed by atoms with Crippen LogP contribution >= 0.6 is 15.9 Å². The van der Waals surface area contributed by atoms with Crippen LogP contribution < -0.4 is 14.8 Å². The lowest BCUT2D eigenvalue weighted by Gasteiger charge is -2.09. The number of hydrogen-bond donors (Lipinski definition) is 2. The van der Waals surface area contributed by atoms with Gasteiger partial charge < -0.3 is 14.5 Å². The van der Waals surface area contributed by atoms with Crippen molar-refractivity contribution in [3.63, 3.8) is 0 Å². The summed E-state index contributed by atoms with van der Waals surface area (Å²) in [5.41, 5.74) is 0.412. The van der Waals surface area contributed by atoms with Crippen LogP contribution in [0.2, 0.25) is 0 Å². The molecule has 0 aliphatic heterocycles. The normalized spacial score (nSPS) is 11.2. The van der Waals surface area contributed by atoms with Crippen molar-refractivity contribution >= 4 is 37.5 Å². The number of hydrogen-bond acceptors (Lipinski definition) is 5. The molecule has 0 saturated heterocycles. The highest BCUT2D eigenvalue weighted by atomic mass is 79.9. The van der Waals surface area contributed by atoms with Crippen molar-refractivity contribution in [1.29, 1.82) is 0 Å². The molecule has 9 heteroatoms. The molecule has 1 amide bonds. The summed E-state index contributed by atoms with van der Waals surface area (Å²) < 4.78 is 39.0. The molecule has 1 aromatic heterocycles. The first-order valence-corrected chi connectivity index (χ1v) is 11.5. The Bertz CT molecular complexity index is 1070. The number of ether oxygens (including phenoxy) is 1. The van der Waals surface area contributed by atoms with Gasteiger partial charge in [0, 0.05) is 16.6 Å². The predicted octanol–water partition coefficient (Wildman–Crippen LogP) is 4.32. The maximum absolute atomic E-state index is 12.4. The van der Waals surface area contributed by atoms with E-state index in [9.17, 15) is 13.2 Å². The summed E-state index contributed by atoms with van der Waals surface area (Å²) in [6.45, 7) is 0.449. The standard InChI is InChI=1S/C21H21BrN2O5S/c22-16-8-10-18(11-9-16)28-13-3-7-21(25)24-17-4-1-6-20(14-17)30(26,27)23-15-19-5-2-12-29-19/h1-2,4-6,8-12,14,23H,3,7,13,15H2,(H,24,25). The summed E-state index contributed by atoms with van der Waals surface area (Å²) in [5.74, 6) is 1.03. The maximum Gasteiger partial charge on any atom is 0.241 e. The van der Waals surface area contributed by atoms with Crippen molar-refractivity contribution in [3.8, 4) is 5.75 Å². The van der Waals surface area contributed by atoms with Crippen molar-refractivity contribution in [2.24, 2.45) is 0 Å². The number of amides is 1. The van der Waals surface area contributed by atoms with Crippen LogP contribution in [-0.2, 0) is 21.4 Å². The van der Waals surface area contributed by atoms with Crippen LogP contribution in [0.3, 0.4) is 0 Å². The van der Waals surface area contributed by atoms with Gasteiger partial charge in [0.15, 0.2) is 0 Å². The smallest absolute Gasteiger partial charge is 0.241 e. The molecular formula is C21H21BrN2O5S. The topological polar surface area (TPSA) is 97.6 Å². The Morgan fingerprint density at radius 3 is 2.60 bits per heavy atom. The largest absolute Gasteiger partial charge is 0.494 e. The van der Waals surface area contributed by atoms with Crippen LogP contribution in [0.15, 0.2) is 80.7 Å². The van der Waals surface area contributed by atoms with Gasteiger partial charge in [-0.1, -0.05) is 22.0 Å². The first-order valence-electron chi connectivity index (χ1n) is 9.23. The molecule has 0 aliphatic rings. The molecular weight excluding hydrogens is 472 g/mol. The Kier molecular flexibility index (Phi) is 7.67. The van der Waals surface area contributed by atoms with Gasteiger partial charge in [-0.25, -0.2) is 13.1 Å². The minimum absolute atomic E-state index is 0.0459. The number of anilines is 1. The molecule has 7 nitrogen and oxygen atoms in total. The third-order valence-corrected chi connectivity index (χ3v) is 6.00. The van der Waals surface area contributed by atoms with E-state index < -0.39 is 10.0 Å². The first kappa shape index (κ1) is 22.1. The van der Waals surface area contributed by atoms with Crippen molar-refractivity contribution in [2.75, 3.05) is 11.9 Å². The first-order chi connectivity index (χ1) is 14.4. The average Bonchev–Trinajstić information content (AvgIpc) is 3.25. The van der Waals surface area contributed by atoms with Gasteiger partial charge in [-0.05, 0) is 61.0 Å². The summed E-state index contributed by atoms with van der Waals surface area (Å²) in [6, 6.07) is 16.9. The van der Waals surface area contributed by atoms with E-state index in [-0.39, 0.29) is 23.8 Å². The van der Waals surface area contributed by atoms with Crippen molar-refractivity contribution in [3.05, 3.63) is 77.2 Å². The van der Waals surface area contributed by atoms with Crippen molar-refractivity contribution in [1.82, 2.24) is 4.72 Å². The lowest BCUT2D eigenvalue weighted by molar-refractivity contribution is -0.116. The van der Waals surface area contributed by atoms with E-state index in [0.29, 0.717) is 24.5 Å². The quantitative estimate of drug-likeness (QED) is 0.410. The van der Waals surface area contributed by atoms with E-state index in [2.05, 4.69) is 26.0 Å². The number of benzene rings is 2. The third kappa shape index (κ3) is 6.72. The molecule has 0 aliphatic carbocycles. The molecule has 0 spiro atoms. The molecule has 3 rings (SSSR count). The molecule has 0 radical (unpaired) electrons. The minimum Gasteiger partial charge on any atom is -0.494 e. The van der Waals surface area contributed by atoms with Crippen LogP contribution in [0, 0.1) is 0 Å². The monoisotopic (exact) mass is 492 g/mol. The van der Waals surface area contributed by atoms with E-state index in [4.69, 9.17) is 9.15 Å². The summed E-state index contributed by atoms with van der Waals surface area (Å²) in [5, 5.41) is 2.72. The van der Waals surface area contributed by atoms with E-state index in [1.54, 1.807) is 24.3 Å². The van der Waals surface area contributed by atoms with Gasteiger partial charge in [-0.15, -0.1) is 0 Å². The fourth-order valence-electron chi connectivity index (χ4n) is 2.58. The zero-order valence-electron chi connectivity index (χ0n) is 16.0. The second kappa shape index (κ2) is 10.4. The molecule has 0 atom stereocenters. The highest BCUT2D eigenvalue weighted by Gasteiger charge is 2.15. The van der Waals surface area contributed by atoms with Gasteiger partial charge in [-0.2, -0.15) is 0 Å². The van der Waals surface area contributed by atoms with Crippen LogP contribution in [0.5, 0.6) is 5.75 Å². The number of furan rings is 1. The molecule has 0 bridgehead atoms. The molecule has 1 heterocycles. The van der Waals surface area contributed by atoms with E-state index >= 15 is 0 Å². The number of sulfonamides is 1. The lowest BCUT2D eigenvalue weighted by atomic mass is 10.2. The second-order valence-electron chi connectivity index (χ2n) is 6.39. The third-order valence-electron chi connectivity index (χ3n) is 4.08. The Balaban J connectivity index is 1.47. The molecule has 30 heavy (non-hydrogen) atoms. The number of carbonyl (C=O) groups is 1. The van der Waals surface area contributed by atoms with Crippen LogP contribution in [0.1, 0.15) is 18.6 Å². The van der Waals surface area contributed by atoms with Crippen LogP contribution in [-0.4, -0.2) is 20.9 Å². The zero-order valence-corrected chi connectivity index (χ0v) is 18.4. The van der Waals surface area contributed by atoms with Gasteiger partial charge in [0.25, 0.3) is 0 Å². The SMILES string of the molecule is O=C(CCCOc1ccc(Br)cc1)Nc1cccc(S(=O)(=O)NCc2ccco2)c1. The van der Waals surface area contributed by atoms with Crippen LogP contribution in [0.4, 0.5) is 5.69 Å². The Labute approximate surface area is 183 Å². The number of rotatable bonds is 10. The summed E-state index contributed by atoms with van der Waals surface area (Å²) in [7, 11) is -3.73. The lowest BCUT2D eigenvalue weighted by Crippen LogP contribution is -2.23. The fraction of sp³-hybridized carbons (Fsp3) is 0.190. The summed E-state index contributed by atoms with van der Waals surface area (Å²) >= 11 is 3.36. The highest BCUT2D eigenvalue weighted by molar-refractivity contribution is 9.10. The van der Waals surface area contributed by atoms with Gasteiger partial charge >= 0.3 is 0 Å². The molecule has 2 N–H and O–H groups in total. The Morgan fingerprint density at radius 2 is 1.87 bits per heavy atom. The number of nitrogens with one attached hydrogen (secondary N) is 2. The Hall–Kier alpha value is -2.62. The molecule has 3 aromatic rings. The van der Waals surface area contributed by atoms with E-state index in [1.807, 2.05) is 24.3 Å². The molecule has 0 fully saturated rings.